The second kappa shape index (κ2) is 5.08. The normalized spacial score (nSPS) is 21.2. The third kappa shape index (κ3) is 2.37. The first-order valence-corrected chi connectivity index (χ1v) is 6.98. The molecule has 0 fully saturated rings. The number of fused-ring (bicyclic) bond motifs is 1. The van der Waals surface area contributed by atoms with E-state index in [2.05, 4.69) is 55.5 Å². The molecule has 0 unspecified atom stereocenters. The smallest absolute Gasteiger partial charge is 0.119 e. The maximum Gasteiger partial charge on any atom is 0.119 e. The molecule has 1 nitrogen and oxygen atoms in total. The average Bonchev–Trinajstić information content (AvgIpc) is 2.76. The molecule has 0 amide bonds. The van der Waals surface area contributed by atoms with Crippen molar-refractivity contribution < 1.29 is 4.74 Å². The standard InChI is InChI=1S/C18H20O/c1-13-10-15-8-9-16(19-2)12-18(15)17(13)11-14-6-4-3-5-7-14/h3-9,12-13,17H,10-11H2,1-2H3/t13-,17+/m0/s1. The molecule has 0 heterocycles. The van der Waals surface area contributed by atoms with Gasteiger partial charge in [0.2, 0.25) is 0 Å². The summed E-state index contributed by atoms with van der Waals surface area (Å²) in [7, 11) is 1.74. The molecule has 0 bridgehead atoms. The molecule has 2 atom stereocenters. The van der Waals surface area contributed by atoms with Crippen LogP contribution in [0.2, 0.25) is 0 Å². The maximum absolute atomic E-state index is 5.37. The van der Waals surface area contributed by atoms with Crippen LogP contribution in [0.5, 0.6) is 5.75 Å². The molecular weight excluding hydrogens is 232 g/mol. The highest BCUT2D eigenvalue weighted by Crippen LogP contribution is 2.41. The third-order valence-electron chi connectivity index (χ3n) is 4.28. The van der Waals surface area contributed by atoms with Crippen molar-refractivity contribution in [3.63, 3.8) is 0 Å². The van der Waals surface area contributed by atoms with Crippen molar-refractivity contribution in [1.82, 2.24) is 0 Å². The summed E-state index contributed by atoms with van der Waals surface area (Å²) in [5.41, 5.74) is 4.40. The first-order valence-electron chi connectivity index (χ1n) is 6.98. The Balaban J connectivity index is 1.91. The molecule has 0 saturated heterocycles. The van der Waals surface area contributed by atoms with Gasteiger partial charge < -0.3 is 4.74 Å². The van der Waals surface area contributed by atoms with Gasteiger partial charge >= 0.3 is 0 Å². The fourth-order valence-corrected chi connectivity index (χ4v) is 3.21. The number of hydrogen-bond acceptors (Lipinski definition) is 1. The summed E-state index contributed by atoms with van der Waals surface area (Å²) in [6.07, 6.45) is 2.32. The minimum atomic E-state index is 0.618. The van der Waals surface area contributed by atoms with Crippen LogP contribution in [0.15, 0.2) is 48.5 Å². The molecule has 0 saturated carbocycles. The Kier molecular flexibility index (Phi) is 3.29. The lowest BCUT2D eigenvalue weighted by Crippen LogP contribution is -2.07. The second-order valence-corrected chi connectivity index (χ2v) is 5.54. The van der Waals surface area contributed by atoms with E-state index >= 15 is 0 Å². The largest absolute Gasteiger partial charge is 0.497 e. The fraction of sp³-hybridized carbons (Fsp3) is 0.333. The molecule has 0 aromatic heterocycles. The summed E-state index contributed by atoms with van der Waals surface area (Å²) in [6.45, 7) is 2.36. The monoisotopic (exact) mass is 252 g/mol. The zero-order valence-electron chi connectivity index (χ0n) is 11.6. The van der Waals surface area contributed by atoms with Crippen LogP contribution in [0.25, 0.3) is 0 Å². The van der Waals surface area contributed by atoms with E-state index in [4.69, 9.17) is 4.74 Å². The third-order valence-corrected chi connectivity index (χ3v) is 4.28. The predicted molar refractivity (Wildman–Crippen MR) is 78.7 cm³/mol. The van der Waals surface area contributed by atoms with Crippen molar-refractivity contribution >= 4 is 0 Å². The van der Waals surface area contributed by atoms with E-state index in [1.165, 1.54) is 23.1 Å². The first kappa shape index (κ1) is 12.3. The molecule has 1 aliphatic rings. The Hall–Kier alpha value is -1.76. The number of hydrogen-bond donors (Lipinski definition) is 0. The van der Waals surface area contributed by atoms with E-state index in [1.807, 2.05) is 0 Å². The molecule has 0 spiro atoms. The average molecular weight is 252 g/mol. The number of methoxy groups -OCH3 is 1. The minimum Gasteiger partial charge on any atom is -0.497 e. The van der Waals surface area contributed by atoms with Gasteiger partial charge in [0.05, 0.1) is 7.11 Å². The van der Waals surface area contributed by atoms with E-state index in [0.717, 1.165) is 12.2 Å². The van der Waals surface area contributed by atoms with Crippen LogP contribution in [0.4, 0.5) is 0 Å². The molecule has 3 rings (SSSR count). The highest BCUT2D eigenvalue weighted by atomic mass is 16.5. The molecular formula is C18H20O. The van der Waals surface area contributed by atoms with Crippen molar-refractivity contribution in [2.24, 2.45) is 5.92 Å². The van der Waals surface area contributed by atoms with Gasteiger partial charge in [0.1, 0.15) is 5.75 Å². The summed E-state index contributed by atoms with van der Waals surface area (Å²) in [5, 5.41) is 0. The number of benzene rings is 2. The Morgan fingerprint density at radius 3 is 2.63 bits per heavy atom. The minimum absolute atomic E-state index is 0.618. The van der Waals surface area contributed by atoms with E-state index in [9.17, 15) is 0 Å². The molecule has 2 aromatic rings. The summed E-state index contributed by atoms with van der Waals surface area (Å²) < 4.78 is 5.37. The van der Waals surface area contributed by atoms with E-state index in [1.54, 1.807) is 7.11 Å². The quantitative estimate of drug-likeness (QED) is 0.795. The Labute approximate surface area is 115 Å². The molecule has 0 radical (unpaired) electrons. The van der Waals surface area contributed by atoms with E-state index < -0.39 is 0 Å². The van der Waals surface area contributed by atoms with Gasteiger partial charge in [-0.2, -0.15) is 0 Å². The Bertz CT molecular complexity index is 559. The lowest BCUT2D eigenvalue weighted by molar-refractivity contribution is 0.413. The van der Waals surface area contributed by atoms with Crippen molar-refractivity contribution in [3.8, 4) is 5.75 Å². The Morgan fingerprint density at radius 2 is 1.89 bits per heavy atom. The van der Waals surface area contributed by atoms with Gasteiger partial charge in [-0.1, -0.05) is 43.3 Å². The first-order chi connectivity index (χ1) is 9.28. The van der Waals surface area contributed by atoms with Crippen LogP contribution in [0.1, 0.15) is 29.5 Å². The van der Waals surface area contributed by atoms with Crippen LogP contribution >= 0.6 is 0 Å². The SMILES string of the molecule is COc1ccc2c(c1)[C@H](Cc1ccccc1)[C@@H](C)C2. The molecule has 98 valence electrons. The number of rotatable bonds is 3. The van der Waals surface area contributed by atoms with Gasteiger partial charge in [-0.15, -0.1) is 0 Å². The van der Waals surface area contributed by atoms with E-state index in [-0.39, 0.29) is 0 Å². The highest BCUT2D eigenvalue weighted by molar-refractivity contribution is 5.42. The van der Waals surface area contributed by atoms with Crippen molar-refractivity contribution in [2.45, 2.75) is 25.7 Å². The van der Waals surface area contributed by atoms with Gasteiger partial charge in [0.25, 0.3) is 0 Å². The van der Waals surface area contributed by atoms with Gasteiger partial charge in [-0.25, -0.2) is 0 Å². The molecule has 0 aliphatic heterocycles. The lowest BCUT2D eigenvalue weighted by atomic mass is 9.88. The zero-order chi connectivity index (χ0) is 13.2. The molecule has 2 aromatic carbocycles. The lowest BCUT2D eigenvalue weighted by Gasteiger charge is -2.17. The number of ether oxygens (including phenoxy) is 1. The van der Waals surface area contributed by atoms with E-state index in [0.29, 0.717) is 11.8 Å². The Morgan fingerprint density at radius 1 is 1.11 bits per heavy atom. The van der Waals surface area contributed by atoms with Crippen LogP contribution < -0.4 is 4.74 Å². The summed E-state index contributed by atoms with van der Waals surface area (Å²) >= 11 is 0. The van der Waals surface area contributed by atoms with Gasteiger partial charge in [-0.3, -0.25) is 0 Å². The second-order valence-electron chi connectivity index (χ2n) is 5.54. The summed E-state index contributed by atoms with van der Waals surface area (Å²) in [5.74, 6) is 2.31. The maximum atomic E-state index is 5.37. The fourth-order valence-electron chi connectivity index (χ4n) is 3.21. The molecule has 0 N–H and O–H groups in total. The van der Waals surface area contributed by atoms with Crippen LogP contribution in [0.3, 0.4) is 0 Å². The summed E-state index contributed by atoms with van der Waals surface area (Å²) in [6, 6.07) is 17.3. The van der Waals surface area contributed by atoms with Gasteiger partial charge in [0, 0.05) is 0 Å². The molecule has 1 aliphatic carbocycles. The van der Waals surface area contributed by atoms with Crippen LogP contribution in [-0.4, -0.2) is 7.11 Å². The van der Waals surface area contributed by atoms with Crippen LogP contribution in [0, 0.1) is 5.92 Å². The van der Waals surface area contributed by atoms with Gasteiger partial charge in [0.15, 0.2) is 0 Å². The topological polar surface area (TPSA) is 9.23 Å². The molecule has 19 heavy (non-hydrogen) atoms. The van der Waals surface area contributed by atoms with Crippen molar-refractivity contribution in [2.75, 3.05) is 7.11 Å². The van der Waals surface area contributed by atoms with Crippen molar-refractivity contribution in [3.05, 3.63) is 65.2 Å². The van der Waals surface area contributed by atoms with Gasteiger partial charge in [-0.05, 0) is 53.5 Å². The summed E-state index contributed by atoms with van der Waals surface area (Å²) in [4.78, 5) is 0. The zero-order valence-corrected chi connectivity index (χ0v) is 11.6. The predicted octanol–water partition coefficient (Wildman–Crippen LogP) is 4.21. The van der Waals surface area contributed by atoms with Crippen LogP contribution in [-0.2, 0) is 12.8 Å². The highest BCUT2D eigenvalue weighted by Gasteiger charge is 2.29. The van der Waals surface area contributed by atoms with Crippen molar-refractivity contribution in [1.29, 1.82) is 0 Å². The molecule has 1 heteroatoms.